The number of amides is 1. The second kappa shape index (κ2) is 7.51. The molecule has 0 saturated carbocycles. The summed E-state index contributed by atoms with van der Waals surface area (Å²) in [6.07, 6.45) is 2.49. The summed E-state index contributed by atoms with van der Waals surface area (Å²) >= 11 is 1.58. The molecular formula is C16H16N2O3S. The fourth-order valence-corrected chi connectivity index (χ4v) is 2.61. The van der Waals surface area contributed by atoms with E-state index in [1.807, 2.05) is 23.6 Å². The lowest BCUT2D eigenvalue weighted by atomic mass is 10.1. The predicted molar refractivity (Wildman–Crippen MR) is 87.8 cm³/mol. The van der Waals surface area contributed by atoms with Crippen LogP contribution in [0.15, 0.2) is 47.4 Å². The van der Waals surface area contributed by atoms with Crippen LogP contribution in [-0.2, 0) is 11.2 Å². The van der Waals surface area contributed by atoms with Crippen molar-refractivity contribution in [1.82, 2.24) is 5.32 Å². The van der Waals surface area contributed by atoms with E-state index >= 15 is 0 Å². The van der Waals surface area contributed by atoms with Gasteiger partial charge in [0.05, 0.1) is 4.92 Å². The zero-order valence-corrected chi connectivity index (χ0v) is 12.9. The number of nitro benzene ring substituents is 1. The van der Waals surface area contributed by atoms with Gasteiger partial charge in [-0.05, 0) is 36.4 Å². The summed E-state index contributed by atoms with van der Waals surface area (Å²) in [5, 5.41) is 15.4. The van der Waals surface area contributed by atoms with Gasteiger partial charge in [-0.1, -0.05) is 18.2 Å². The fraction of sp³-hybridized carbons (Fsp3) is 0.188. The standard InChI is InChI=1S/C16H16N2O3S/c1-12(11-15-3-2-10-22-15)16(19)17-9-8-13-4-6-14(7-5-13)18(20)21/h2-7,10-11H,8-9H2,1H3,(H,17,19)/b12-11+. The first kappa shape index (κ1) is 15.9. The largest absolute Gasteiger partial charge is 0.352 e. The molecule has 1 heterocycles. The molecule has 22 heavy (non-hydrogen) atoms. The van der Waals surface area contributed by atoms with Gasteiger partial charge >= 0.3 is 0 Å². The SMILES string of the molecule is C/C(=C\c1cccs1)C(=O)NCCc1ccc([N+](=O)[O-])cc1. The average molecular weight is 316 g/mol. The normalized spacial score (nSPS) is 11.2. The Morgan fingerprint density at radius 2 is 2.05 bits per heavy atom. The minimum atomic E-state index is -0.426. The highest BCUT2D eigenvalue weighted by Crippen LogP contribution is 2.14. The Hall–Kier alpha value is -2.47. The summed E-state index contributed by atoms with van der Waals surface area (Å²) in [5.41, 5.74) is 1.68. The molecule has 0 bridgehead atoms. The van der Waals surface area contributed by atoms with E-state index < -0.39 is 4.92 Å². The molecule has 0 unspecified atom stereocenters. The Bertz CT molecular complexity index is 676. The van der Waals surface area contributed by atoms with Crippen molar-refractivity contribution in [2.24, 2.45) is 0 Å². The first-order valence-corrected chi connectivity index (χ1v) is 7.67. The minimum absolute atomic E-state index is 0.0718. The lowest BCUT2D eigenvalue weighted by Crippen LogP contribution is -2.26. The van der Waals surface area contributed by atoms with Crippen LogP contribution in [0, 0.1) is 10.1 Å². The van der Waals surface area contributed by atoms with Crippen LogP contribution in [-0.4, -0.2) is 17.4 Å². The molecule has 0 saturated heterocycles. The smallest absolute Gasteiger partial charge is 0.269 e. The second-order valence-electron chi connectivity index (χ2n) is 4.77. The van der Waals surface area contributed by atoms with Gasteiger partial charge in [0.1, 0.15) is 0 Å². The lowest BCUT2D eigenvalue weighted by molar-refractivity contribution is -0.384. The molecule has 5 nitrogen and oxygen atoms in total. The van der Waals surface area contributed by atoms with E-state index in [-0.39, 0.29) is 11.6 Å². The highest BCUT2D eigenvalue weighted by molar-refractivity contribution is 7.10. The van der Waals surface area contributed by atoms with Crippen molar-refractivity contribution in [2.45, 2.75) is 13.3 Å². The summed E-state index contributed by atoms with van der Waals surface area (Å²) in [7, 11) is 0. The maximum absolute atomic E-state index is 11.9. The summed E-state index contributed by atoms with van der Waals surface area (Å²) in [6, 6.07) is 10.3. The Balaban J connectivity index is 1.83. The van der Waals surface area contributed by atoms with E-state index in [0.717, 1.165) is 10.4 Å². The quantitative estimate of drug-likeness (QED) is 0.504. The minimum Gasteiger partial charge on any atom is -0.352 e. The van der Waals surface area contributed by atoms with Gasteiger partial charge < -0.3 is 5.32 Å². The van der Waals surface area contributed by atoms with Gasteiger partial charge in [-0.2, -0.15) is 0 Å². The molecule has 114 valence electrons. The van der Waals surface area contributed by atoms with Crippen molar-refractivity contribution in [1.29, 1.82) is 0 Å². The molecule has 0 spiro atoms. The summed E-state index contributed by atoms with van der Waals surface area (Å²) < 4.78 is 0. The Labute approximate surface area is 132 Å². The van der Waals surface area contributed by atoms with Gasteiger partial charge in [0.15, 0.2) is 0 Å². The van der Waals surface area contributed by atoms with Crippen molar-refractivity contribution in [3.8, 4) is 0 Å². The second-order valence-corrected chi connectivity index (χ2v) is 5.75. The van der Waals surface area contributed by atoms with Crippen LogP contribution < -0.4 is 5.32 Å². The molecule has 0 atom stereocenters. The lowest BCUT2D eigenvalue weighted by Gasteiger charge is -2.05. The predicted octanol–water partition coefficient (Wildman–Crippen LogP) is 3.42. The number of non-ortho nitro benzene ring substituents is 1. The molecular weight excluding hydrogens is 300 g/mol. The summed E-state index contributed by atoms with van der Waals surface area (Å²) in [4.78, 5) is 23.1. The van der Waals surface area contributed by atoms with Crippen LogP contribution in [0.1, 0.15) is 17.4 Å². The Kier molecular flexibility index (Phi) is 5.43. The number of carbonyl (C=O) groups excluding carboxylic acids is 1. The molecule has 1 N–H and O–H groups in total. The van der Waals surface area contributed by atoms with Crippen LogP contribution in [0.3, 0.4) is 0 Å². The fourth-order valence-electron chi connectivity index (χ4n) is 1.90. The highest BCUT2D eigenvalue weighted by atomic mass is 32.1. The first-order chi connectivity index (χ1) is 10.6. The number of hydrogen-bond donors (Lipinski definition) is 1. The number of benzene rings is 1. The summed E-state index contributed by atoms with van der Waals surface area (Å²) in [5.74, 6) is -0.102. The number of carbonyl (C=O) groups is 1. The third kappa shape index (κ3) is 4.53. The van der Waals surface area contributed by atoms with Gasteiger partial charge in [-0.25, -0.2) is 0 Å². The van der Waals surface area contributed by atoms with E-state index in [1.54, 1.807) is 30.4 Å². The molecule has 6 heteroatoms. The van der Waals surface area contributed by atoms with E-state index in [2.05, 4.69) is 5.32 Å². The van der Waals surface area contributed by atoms with Gasteiger partial charge in [0, 0.05) is 29.1 Å². The van der Waals surface area contributed by atoms with Gasteiger partial charge in [-0.15, -0.1) is 11.3 Å². The number of nitrogens with zero attached hydrogens (tertiary/aromatic N) is 1. The first-order valence-electron chi connectivity index (χ1n) is 6.79. The molecule has 0 aliphatic rings. The maximum Gasteiger partial charge on any atom is 0.269 e. The van der Waals surface area contributed by atoms with E-state index in [9.17, 15) is 14.9 Å². The summed E-state index contributed by atoms with van der Waals surface area (Å²) in [6.45, 7) is 2.27. The molecule has 0 fully saturated rings. The van der Waals surface area contributed by atoms with Crippen LogP contribution in [0.5, 0.6) is 0 Å². The van der Waals surface area contributed by atoms with Crippen molar-refractivity contribution in [3.63, 3.8) is 0 Å². The van der Waals surface area contributed by atoms with Crippen LogP contribution in [0.25, 0.3) is 6.08 Å². The number of nitro groups is 1. The van der Waals surface area contributed by atoms with Crippen molar-refractivity contribution in [2.75, 3.05) is 6.54 Å². The molecule has 2 rings (SSSR count). The molecule has 1 aromatic heterocycles. The number of hydrogen-bond acceptors (Lipinski definition) is 4. The van der Waals surface area contributed by atoms with Gasteiger partial charge in [0.2, 0.25) is 5.91 Å². The van der Waals surface area contributed by atoms with Crippen LogP contribution in [0.4, 0.5) is 5.69 Å². The topological polar surface area (TPSA) is 72.2 Å². The van der Waals surface area contributed by atoms with Gasteiger partial charge in [0.25, 0.3) is 5.69 Å². The van der Waals surface area contributed by atoms with E-state index in [4.69, 9.17) is 0 Å². The molecule has 1 aromatic carbocycles. The van der Waals surface area contributed by atoms with Crippen molar-refractivity contribution in [3.05, 3.63) is 67.9 Å². The molecule has 2 aromatic rings. The number of rotatable bonds is 6. The van der Waals surface area contributed by atoms with Gasteiger partial charge in [-0.3, -0.25) is 14.9 Å². The monoisotopic (exact) mass is 316 g/mol. The molecule has 0 radical (unpaired) electrons. The van der Waals surface area contributed by atoms with Crippen LogP contribution in [0.2, 0.25) is 0 Å². The molecule has 0 aliphatic heterocycles. The third-order valence-electron chi connectivity index (χ3n) is 3.11. The Morgan fingerprint density at radius 1 is 1.32 bits per heavy atom. The molecule has 1 amide bonds. The molecule has 0 aliphatic carbocycles. The zero-order valence-electron chi connectivity index (χ0n) is 12.1. The van der Waals surface area contributed by atoms with E-state index in [1.165, 1.54) is 12.1 Å². The van der Waals surface area contributed by atoms with Crippen LogP contribution >= 0.6 is 11.3 Å². The zero-order chi connectivity index (χ0) is 15.9. The van der Waals surface area contributed by atoms with Crippen molar-refractivity contribution >= 4 is 29.0 Å². The Morgan fingerprint density at radius 3 is 2.64 bits per heavy atom. The average Bonchev–Trinajstić information content (AvgIpc) is 3.00. The van der Waals surface area contributed by atoms with Crippen molar-refractivity contribution < 1.29 is 9.72 Å². The number of thiophene rings is 1. The third-order valence-corrected chi connectivity index (χ3v) is 3.93. The maximum atomic E-state index is 11.9. The highest BCUT2D eigenvalue weighted by Gasteiger charge is 2.06. The van der Waals surface area contributed by atoms with E-state index in [0.29, 0.717) is 18.5 Å². The number of nitrogens with one attached hydrogen (secondary N) is 1.